The number of sulfonamides is 1. The zero-order valence-corrected chi connectivity index (χ0v) is 11.8. The molecular formula is C12H14FN3O3S. The van der Waals surface area contributed by atoms with Crippen LogP contribution in [0.3, 0.4) is 0 Å². The Kier molecular flexibility index (Phi) is 3.78. The molecule has 1 aromatic carbocycles. The third-order valence-electron chi connectivity index (χ3n) is 2.79. The first-order valence-corrected chi connectivity index (χ1v) is 7.25. The number of hydrogen-bond donors (Lipinski definition) is 2. The first-order valence-electron chi connectivity index (χ1n) is 5.77. The third-order valence-corrected chi connectivity index (χ3v) is 4.17. The van der Waals surface area contributed by atoms with Crippen LogP contribution in [0.25, 0.3) is 0 Å². The molecular weight excluding hydrogens is 285 g/mol. The van der Waals surface area contributed by atoms with Gasteiger partial charge in [0.15, 0.2) is 0 Å². The van der Waals surface area contributed by atoms with Crippen LogP contribution < -0.4 is 10.5 Å². The highest BCUT2D eigenvalue weighted by Crippen LogP contribution is 2.21. The number of nitrogens with one attached hydrogen (secondary N) is 1. The highest BCUT2D eigenvalue weighted by molar-refractivity contribution is 7.89. The van der Waals surface area contributed by atoms with Crippen molar-refractivity contribution >= 4 is 15.7 Å². The molecule has 0 aliphatic rings. The van der Waals surface area contributed by atoms with E-state index in [1.54, 1.807) is 13.0 Å². The van der Waals surface area contributed by atoms with Gasteiger partial charge in [-0.3, -0.25) is 0 Å². The number of nitrogens with zero attached hydrogens (tertiary/aromatic N) is 1. The van der Waals surface area contributed by atoms with Crippen molar-refractivity contribution in [3.63, 3.8) is 0 Å². The monoisotopic (exact) mass is 299 g/mol. The van der Waals surface area contributed by atoms with E-state index in [1.807, 2.05) is 0 Å². The molecule has 0 atom stereocenters. The van der Waals surface area contributed by atoms with Crippen molar-refractivity contribution in [3.05, 3.63) is 41.0 Å². The topological polar surface area (TPSA) is 98.2 Å². The van der Waals surface area contributed by atoms with E-state index in [-0.39, 0.29) is 22.7 Å². The van der Waals surface area contributed by atoms with Gasteiger partial charge in [-0.2, -0.15) is 0 Å². The number of aromatic nitrogens is 1. The normalized spacial score (nSPS) is 11.8. The summed E-state index contributed by atoms with van der Waals surface area (Å²) in [5, 5.41) is 3.66. The minimum Gasteiger partial charge on any atom is -0.398 e. The van der Waals surface area contributed by atoms with Crippen molar-refractivity contribution in [2.75, 3.05) is 5.73 Å². The second-order valence-corrected chi connectivity index (χ2v) is 6.14. The largest absolute Gasteiger partial charge is 0.398 e. The van der Waals surface area contributed by atoms with Gasteiger partial charge in [-0.25, -0.2) is 17.5 Å². The summed E-state index contributed by atoms with van der Waals surface area (Å²) >= 11 is 0. The molecule has 0 saturated heterocycles. The van der Waals surface area contributed by atoms with Crippen LogP contribution >= 0.6 is 0 Å². The van der Waals surface area contributed by atoms with E-state index in [9.17, 15) is 12.8 Å². The SMILES string of the molecule is Cc1cc(CNS(=O)(=O)c2cc(N)c(C)c(F)c2)no1. The van der Waals surface area contributed by atoms with Crippen molar-refractivity contribution in [2.24, 2.45) is 0 Å². The fourth-order valence-corrected chi connectivity index (χ4v) is 2.63. The van der Waals surface area contributed by atoms with Gasteiger partial charge in [0.05, 0.1) is 17.1 Å². The minimum atomic E-state index is -3.86. The Bertz CT molecular complexity index is 717. The van der Waals surface area contributed by atoms with Gasteiger partial charge in [-0.1, -0.05) is 5.16 Å². The lowest BCUT2D eigenvalue weighted by atomic mass is 10.2. The molecule has 108 valence electrons. The van der Waals surface area contributed by atoms with Gasteiger partial charge in [0.1, 0.15) is 11.6 Å². The number of anilines is 1. The lowest BCUT2D eigenvalue weighted by Gasteiger charge is -2.08. The van der Waals surface area contributed by atoms with Crippen molar-refractivity contribution < 1.29 is 17.3 Å². The molecule has 8 heteroatoms. The highest BCUT2D eigenvalue weighted by atomic mass is 32.2. The van der Waals surface area contributed by atoms with Crippen LogP contribution in [-0.4, -0.2) is 13.6 Å². The zero-order chi connectivity index (χ0) is 14.9. The van der Waals surface area contributed by atoms with E-state index >= 15 is 0 Å². The van der Waals surface area contributed by atoms with Crippen LogP contribution in [0.1, 0.15) is 17.0 Å². The summed E-state index contributed by atoms with van der Waals surface area (Å²) in [6.07, 6.45) is 0. The quantitative estimate of drug-likeness (QED) is 0.833. The van der Waals surface area contributed by atoms with Crippen LogP contribution in [-0.2, 0) is 16.6 Å². The van der Waals surface area contributed by atoms with E-state index in [1.165, 1.54) is 13.0 Å². The summed E-state index contributed by atoms with van der Waals surface area (Å²) in [7, 11) is -3.86. The lowest BCUT2D eigenvalue weighted by Crippen LogP contribution is -2.23. The second-order valence-electron chi connectivity index (χ2n) is 4.37. The van der Waals surface area contributed by atoms with Gasteiger partial charge in [0.25, 0.3) is 0 Å². The molecule has 1 aromatic heterocycles. The van der Waals surface area contributed by atoms with Crippen molar-refractivity contribution in [3.8, 4) is 0 Å². The van der Waals surface area contributed by atoms with Crippen LogP contribution in [0.2, 0.25) is 0 Å². The van der Waals surface area contributed by atoms with Crippen LogP contribution in [0.4, 0.5) is 10.1 Å². The Hall–Kier alpha value is -1.93. The Morgan fingerprint density at radius 2 is 2.05 bits per heavy atom. The molecule has 3 N–H and O–H groups in total. The van der Waals surface area contributed by atoms with E-state index < -0.39 is 15.8 Å². The molecule has 0 aliphatic carbocycles. The van der Waals surface area contributed by atoms with E-state index in [0.29, 0.717) is 11.5 Å². The van der Waals surface area contributed by atoms with E-state index in [4.69, 9.17) is 10.3 Å². The molecule has 0 amide bonds. The number of halogens is 1. The predicted molar refractivity (Wildman–Crippen MR) is 70.8 cm³/mol. The molecule has 6 nitrogen and oxygen atoms in total. The predicted octanol–water partition coefficient (Wildman–Crippen LogP) is 1.49. The Labute approximate surface area is 115 Å². The molecule has 0 saturated carbocycles. The van der Waals surface area contributed by atoms with Crippen molar-refractivity contribution in [1.29, 1.82) is 0 Å². The molecule has 0 fully saturated rings. The lowest BCUT2D eigenvalue weighted by molar-refractivity contribution is 0.390. The summed E-state index contributed by atoms with van der Waals surface area (Å²) in [5.74, 6) is -0.0903. The van der Waals surface area contributed by atoms with Crippen LogP contribution in [0, 0.1) is 19.7 Å². The van der Waals surface area contributed by atoms with E-state index in [2.05, 4.69) is 9.88 Å². The maximum absolute atomic E-state index is 13.5. The molecule has 2 aromatic rings. The molecule has 0 spiro atoms. The van der Waals surface area contributed by atoms with Crippen LogP contribution in [0.5, 0.6) is 0 Å². The first-order chi connectivity index (χ1) is 9.29. The molecule has 1 heterocycles. The highest BCUT2D eigenvalue weighted by Gasteiger charge is 2.18. The smallest absolute Gasteiger partial charge is 0.241 e. The van der Waals surface area contributed by atoms with Crippen molar-refractivity contribution in [1.82, 2.24) is 9.88 Å². The maximum Gasteiger partial charge on any atom is 0.241 e. The number of hydrogen-bond acceptors (Lipinski definition) is 5. The molecule has 20 heavy (non-hydrogen) atoms. The van der Waals surface area contributed by atoms with Crippen molar-refractivity contribution in [2.45, 2.75) is 25.3 Å². The average molecular weight is 299 g/mol. The van der Waals surface area contributed by atoms with Gasteiger partial charge in [0.2, 0.25) is 10.0 Å². The number of nitrogen functional groups attached to an aromatic ring is 1. The van der Waals surface area contributed by atoms with Gasteiger partial charge >= 0.3 is 0 Å². The number of nitrogens with two attached hydrogens (primary N) is 1. The number of aryl methyl sites for hydroxylation is 1. The second kappa shape index (κ2) is 5.22. The van der Waals surface area contributed by atoms with E-state index in [0.717, 1.165) is 6.07 Å². The molecule has 0 radical (unpaired) electrons. The number of rotatable bonds is 4. The Balaban J connectivity index is 2.22. The summed E-state index contributed by atoms with van der Waals surface area (Å²) in [4.78, 5) is -0.224. The Morgan fingerprint density at radius 1 is 1.35 bits per heavy atom. The number of benzene rings is 1. The fourth-order valence-electron chi connectivity index (χ4n) is 1.58. The van der Waals surface area contributed by atoms with Gasteiger partial charge in [-0.05, 0) is 26.0 Å². The zero-order valence-electron chi connectivity index (χ0n) is 11.0. The molecule has 0 aliphatic heterocycles. The average Bonchev–Trinajstić information content (AvgIpc) is 2.79. The third kappa shape index (κ3) is 2.97. The van der Waals surface area contributed by atoms with Gasteiger partial charge in [-0.15, -0.1) is 0 Å². The standard InChI is InChI=1S/C12H14FN3O3S/c1-7-3-9(16-19-7)6-15-20(17,18)10-4-11(13)8(2)12(14)5-10/h3-5,15H,6,14H2,1-2H3. The summed E-state index contributed by atoms with van der Waals surface area (Å²) < 4.78 is 44.7. The first kappa shape index (κ1) is 14.5. The molecule has 0 unspecified atom stereocenters. The van der Waals surface area contributed by atoms with Crippen LogP contribution in [0.15, 0.2) is 27.6 Å². The van der Waals surface area contributed by atoms with Gasteiger partial charge < -0.3 is 10.3 Å². The minimum absolute atomic E-state index is 0.0466. The Morgan fingerprint density at radius 3 is 2.60 bits per heavy atom. The maximum atomic E-state index is 13.5. The summed E-state index contributed by atoms with van der Waals surface area (Å²) in [6, 6.07) is 3.75. The fraction of sp³-hybridized carbons (Fsp3) is 0.250. The summed E-state index contributed by atoms with van der Waals surface area (Å²) in [6.45, 7) is 3.13. The summed E-state index contributed by atoms with van der Waals surface area (Å²) in [5.41, 5.74) is 6.31. The molecule has 2 rings (SSSR count). The van der Waals surface area contributed by atoms with Gasteiger partial charge in [0, 0.05) is 17.3 Å². The molecule has 0 bridgehead atoms.